The molecular formula is C30H24BrN7O6S. The summed E-state index contributed by atoms with van der Waals surface area (Å²) in [5.41, 5.74) is 1.28. The van der Waals surface area contributed by atoms with E-state index in [1.165, 1.54) is 44.2 Å². The van der Waals surface area contributed by atoms with E-state index in [-0.39, 0.29) is 40.1 Å². The molecule has 0 aliphatic heterocycles. The van der Waals surface area contributed by atoms with Crippen LogP contribution in [-0.2, 0) is 10.0 Å². The lowest BCUT2D eigenvalue weighted by Gasteiger charge is -2.20. The minimum atomic E-state index is -4.28. The first-order valence-corrected chi connectivity index (χ1v) is 15.3. The molecule has 5 aromatic rings. The standard InChI is InChI=1S/C30H24BrN7O6S/c1-4-7-25(44-30-34-17-21(31)18-35-30)43-29-26(42-23-9-6-5-8-22(23)41-3)28(36-27(37-29)20-12-14-32-15-13-20)38-45(39,40)24-11-10-19(2)16-33-24/h5-6,8-18,25H,1-3H3,(H,36,37,38). The minimum Gasteiger partial charge on any atom is -0.493 e. The van der Waals surface area contributed by atoms with Crippen molar-refractivity contribution in [3.05, 3.63) is 89.6 Å². The molecule has 0 bridgehead atoms. The number of pyridine rings is 2. The fraction of sp³-hybridized carbons (Fsp3) is 0.133. The molecule has 45 heavy (non-hydrogen) atoms. The van der Waals surface area contributed by atoms with Crippen LogP contribution in [0.3, 0.4) is 0 Å². The molecule has 1 atom stereocenters. The molecule has 15 heteroatoms. The Labute approximate surface area is 267 Å². The Kier molecular flexibility index (Phi) is 9.66. The number of nitrogens with one attached hydrogen (secondary N) is 1. The number of para-hydroxylation sites is 2. The maximum atomic E-state index is 13.6. The van der Waals surface area contributed by atoms with Gasteiger partial charge in [0.15, 0.2) is 28.2 Å². The van der Waals surface area contributed by atoms with Crippen LogP contribution in [0.1, 0.15) is 12.5 Å². The molecule has 0 amide bonds. The molecule has 0 fully saturated rings. The van der Waals surface area contributed by atoms with Crippen molar-refractivity contribution in [1.29, 1.82) is 0 Å². The third-order valence-electron chi connectivity index (χ3n) is 5.73. The first-order chi connectivity index (χ1) is 21.8. The molecule has 4 heterocycles. The molecular weight excluding hydrogens is 666 g/mol. The molecule has 1 N–H and O–H groups in total. The van der Waals surface area contributed by atoms with Crippen LogP contribution in [0.25, 0.3) is 11.4 Å². The van der Waals surface area contributed by atoms with Crippen molar-refractivity contribution in [2.45, 2.75) is 25.2 Å². The third-order valence-corrected chi connectivity index (χ3v) is 7.40. The second kappa shape index (κ2) is 14.0. The van der Waals surface area contributed by atoms with Crippen LogP contribution in [0.4, 0.5) is 5.82 Å². The molecule has 228 valence electrons. The topological polar surface area (TPSA) is 160 Å². The van der Waals surface area contributed by atoms with Crippen LogP contribution in [0.2, 0.25) is 0 Å². The highest BCUT2D eigenvalue weighted by molar-refractivity contribution is 9.10. The summed E-state index contributed by atoms with van der Waals surface area (Å²) in [6.07, 6.45) is 6.20. The molecule has 5 rings (SSSR count). The molecule has 0 aliphatic carbocycles. The highest BCUT2D eigenvalue weighted by Gasteiger charge is 2.28. The van der Waals surface area contributed by atoms with Gasteiger partial charge in [-0.1, -0.05) is 24.1 Å². The fourth-order valence-electron chi connectivity index (χ4n) is 3.67. The van der Waals surface area contributed by atoms with E-state index in [1.807, 2.05) is 0 Å². The quantitative estimate of drug-likeness (QED) is 0.143. The lowest BCUT2D eigenvalue weighted by molar-refractivity contribution is 0.0413. The summed E-state index contributed by atoms with van der Waals surface area (Å²) in [4.78, 5) is 25.4. The number of methoxy groups -OCH3 is 1. The zero-order valence-corrected chi connectivity index (χ0v) is 26.4. The van der Waals surface area contributed by atoms with Gasteiger partial charge in [-0.2, -0.15) is 13.4 Å². The minimum absolute atomic E-state index is 0.0343. The number of aromatic nitrogens is 6. The van der Waals surface area contributed by atoms with Gasteiger partial charge in [-0.25, -0.2) is 19.9 Å². The van der Waals surface area contributed by atoms with Gasteiger partial charge in [0.2, 0.25) is 5.75 Å². The van der Waals surface area contributed by atoms with E-state index in [2.05, 4.69) is 62.4 Å². The van der Waals surface area contributed by atoms with Gasteiger partial charge in [0.25, 0.3) is 15.9 Å². The second-order valence-corrected chi connectivity index (χ2v) is 11.5. The van der Waals surface area contributed by atoms with Crippen LogP contribution < -0.4 is 23.7 Å². The van der Waals surface area contributed by atoms with E-state index < -0.39 is 16.3 Å². The number of aryl methyl sites for hydroxylation is 1. The predicted molar refractivity (Wildman–Crippen MR) is 166 cm³/mol. The lowest BCUT2D eigenvalue weighted by atomic mass is 10.2. The van der Waals surface area contributed by atoms with Crippen molar-refractivity contribution in [2.24, 2.45) is 0 Å². The molecule has 0 spiro atoms. The number of hydrogen-bond acceptors (Lipinski definition) is 12. The van der Waals surface area contributed by atoms with Crippen molar-refractivity contribution in [1.82, 2.24) is 29.9 Å². The van der Waals surface area contributed by atoms with Crippen LogP contribution in [-0.4, -0.2) is 51.7 Å². The second-order valence-electron chi connectivity index (χ2n) is 8.94. The summed E-state index contributed by atoms with van der Waals surface area (Å²) >= 11 is 3.28. The zero-order chi connectivity index (χ0) is 31.8. The molecule has 1 unspecified atom stereocenters. The summed E-state index contributed by atoms with van der Waals surface area (Å²) in [6.45, 7) is 3.38. The summed E-state index contributed by atoms with van der Waals surface area (Å²) in [7, 11) is -2.82. The van der Waals surface area contributed by atoms with Gasteiger partial charge in [0.1, 0.15) is 0 Å². The number of benzene rings is 1. The average Bonchev–Trinajstić information content (AvgIpc) is 3.04. The Bertz CT molecular complexity index is 1950. The maximum Gasteiger partial charge on any atom is 0.320 e. The first-order valence-electron chi connectivity index (χ1n) is 13.1. The van der Waals surface area contributed by atoms with E-state index in [1.54, 1.807) is 56.3 Å². The molecule has 0 radical (unpaired) electrons. The summed E-state index contributed by atoms with van der Waals surface area (Å²) in [6, 6.07) is 13.0. The van der Waals surface area contributed by atoms with E-state index in [9.17, 15) is 8.42 Å². The number of halogens is 1. The SMILES string of the molecule is CC#CC(Oc1ncc(Br)cn1)Oc1nc(-c2ccncc2)nc(NS(=O)(=O)c2ccc(C)cn2)c1Oc1ccccc1OC. The van der Waals surface area contributed by atoms with Gasteiger partial charge in [-0.05, 0) is 71.6 Å². The van der Waals surface area contributed by atoms with Crippen LogP contribution in [0, 0.1) is 18.8 Å². The van der Waals surface area contributed by atoms with Gasteiger partial charge in [-0.15, -0.1) is 0 Å². The Morgan fingerprint density at radius 3 is 2.31 bits per heavy atom. The highest BCUT2D eigenvalue weighted by Crippen LogP contribution is 2.42. The molecule has 0 saturated carbocycles. The Morgan fingerprint density at radius 2 is 1.64 bits per heavy atom. The predicted octanol–water partition coefficient (Wildman–Crippen LogP) is 5.20. The van der Waals surface area contributed by atoms with Crippen molar-refractivity contribution in [3.8, 4) is 52.4 Å². The van der Waals surface area contributed by atoms with Crippen LogP contribution in [0.15, 0.2) is 89.0 Å². The number of sulfonamides is 1. The van der Waals surface area contributed by atoms with Crippen molar-refractivity contribution < 1.29 is 27.4 Å². The lowest BCUT2D eigenvalue weighted by Crippen LogP contribution is -2.24. The monoisotopic (exact) mass is 689 g/mol. The molecule has 4 aromatic heterocycles. The Morgan fingerprint density at radius 1 is 0.911 bits per heavy atom. The van der Waals surface area contributed by atoms with E-state index in [4.69, 9.17) is 18.9 Å². The highest BCUT2D eigenvalue weighted by atomic mass is 79.9. The van der Waals surface area contributed by atoms with Crippen molar-refractivity contribution in [2.75, 3.05) is 11.8 Å². The number of nitrogens with zero attached hydrogens (tertiary/aromatic N) is 6. The van der Waals surface area contributed by atoms with Crippen LogP contribution >= 0.6 is 15.9 Å². The van der Waals surface area contributed by atoms with Gasteiger partial charge in [0.05, 0.1) is 11.6 Å². The van der Waals surface area contributed by atoms with Crippen molar-refractivity contribution in [3.63, 3.8) is 0 Å². The normalized spacial score (nSPS) is 11.5. The number of ether oxygens (including phenoxy) is 4. The largest absolute Gasteiger partial charge is 0.493 e. The first kappa shape index (κ1) is 31.1. The number of rotatable bonds is 11. The van der Waals surface area contributed by atoms with Crippen LogP contribution in [0.5, 0.6) is 29.1 Å². The average molecular weight is 691 g/mol. The van der Waals surface area contributed by atoms with E-state index in [0.29, 0.717) is 15.8 Å². The van der Waals surface area contributed by atoms with Gasteiger partial charge in [0, 0.05) is 36.5 Å². The summed E-state index contributed by atoms with van der Waals surface area (Å²) < 4.78 is 53.8. The molecule has 13 nitrogen and oxygen atoms in total. The van der Waals surface area contributed by atoms with E-state index >= 15 is 0 Å². The Balaban J connectivity index is 1.68. The third kappa shape index (κ3) is 7.80. The summed E-state index contributed by atoms with van der Waals surface area (Å²) in [5.74, 6) is 5.47. The smallest absolute Gasteiger partial charge is 0.320 e. The zero-order valence-electron chi connectivity index (χ0n) is 24.0. The van der Waals surface area contributed by atoms with Gasteiger partial charge in [-0.3, -0.25) is 9.71 Å². The maximum absolute atomic E-state index is 13.6. The van der Waals surface area contributed by atoms with Gasteiger partial charge < -0.3 is 18.9 Å². The molecule has 0 aliphatic rings. The van der Waals surface area contributed by atoms with Crippen molar-refractivity contribution >= 4 is 31.8 Å². The summed E-state index contributed by atoms with van der Waals surface area (Å²) in [5, 5.41) is -0.242. The number of hydrogen-bond donors (Lipinski definition) is 1. The van der Waals surface area contributed by atoms with Gasteiger partial charge >= 0.3 is 12.3 Å². The fourth-order valence-corrected chi connectivity index (χ4v) is 4.81. The molecule has 1 aromatic carbocycles. The Hall–Kier alpha value is -5.33. The molecule has 0 saturated heterocycles. The van der Waals surface area contributed by atoms with E-state index in [0.717, 1.165) is 5.56 Å². The number of anilines is 1.